The molecule has 44 heavy (non-hydrogen) atoms. The van der Waals surface area contributed by atoms with Crippen LogP contribution in [0.4, 0.5) is 11.4 Å². The van der Waals surface area contributed by atoms with E-state index < -0.39 is 11.8 Å². The third-order valence-electron chi connectivity index (χ3n) is 6.14. The molecule has 0 aromatic heterocycles. The number of amides is 3. The molecular weight excluding hydrogens is 602 g/mol. The predicted molar refractivity (Wildman–Crippen MR) is 174 cm³/mol. The quantitative estimate of drug-likeness (QED) is 0.121. The van der Waals surface area contributed by atoms with Crippen LogP contribution in [0.1, 0.15) is 15.9 Å². The van der Waals surface area contributed by atoms with Crippen LogP contribution in [0.5, 0.6) is 17.2 Å². The molecule has 0 saturated heterocycles. The van der Waals surface area contributed by atoms with E-state index in [1.54, 1.807) is 91.0 Å². The van der Waals surface area contributed by atoms with E-state index in [2.05, 4.69) is 16.0 Å². The number of rotatable bonds is 12. The van der Waals surface area contributed by atoms with Crippen LogP contribution in [0.2, 0.25) is 5.02 Å². The highest BCUT2D eigenvalue weighted by atomic mass is 35.5. The zero-order chi connectivity index (χ0) is 31.5. The van der Waals surface area contributed by atoms with E-state index in [0.29, 0.717) is 44.8 Å². The fourth-order valence-corrected chi connectivity index (χ4v) is 4.95. The lowest BCUT2D eigenvalue weighted by Gasteiger charge is -2.13. The first-order valence-electron chi connectivity index (χ1n) is 13.3. The molecule has 3 N–H and O–H groups in total. The molecule has 0 saturated carbocycles. The molecular formula is C33H30ClN3O6S. The number of carbonyl (C=O) groups excluding carboxylic acids is 3. The third-order valence-corrected chi connectivity index (χ3v) is 7.37. The largest absolute Gasteiger partial charge is 0.495 e. The molecule has 0 heterocycles. The average Bonchev–Trinajstić information content (AvgIpc) is 3.04. The Balaban J connectivity index is 1.49. The zero-order valence-corrected chi connectivity index (χ0v) is 25.8. The van der Waals surface area contributed by atoms with E-state index in [9.17, 15) is 14.4 Å². The highest BCUT2D eigenvalue weighted by Crippen LogP contribution is 2.30. The maximum absolute atomic E-state index is 13.5. The first kappa shape index (κ1) is 32.0. The number of nitrogens with one attached hydrogen (secondary N) is 3. The van der Waals surface area contributed by atoms with Gasteiger partial charge in [-0.05, 0) is 72.3 Å². The summed E-state index contributed by atoms with van der Waals surface area (Å²) < 4.78 is 16.0. The molecule has 3 amide bonds. The maximum Gasteiger partial charge on any atom is 0.272 e. The third kappa shape index (κ3) is 8.79. The number of benzene rings is 4. The van der Waals surface area contributed by atoms with Crippen LogP contribution >= 0.6 is 23.4 Å². The van der Waals surface area contributed by atoms with Crippen LogP contribution in [0.15, 0.2) is 102 Å². The van der Waals surface area contributed by atoms with Crippen LogP contribution < -0.4 is 30.2 Å². The van der Waals surface area contributed by atoms with Crippen molar-refractivity contribution in [1.82, 2.24) is 5.32 Å². The molecule has 0 atom stereocenters. The van der Waals surface area contributed by atoms with Crippen molar-refractivity contribution in [2.24, 2.45) is 0 Å². The lowest BCUT2D eigenvalue weighted by Crippen LogP contribution is -2.30. The predicted octanol–water partition coefficient (Wildman–Crippen LogP) is 6.51. The number of hydrogen-bond acceptors (Lipinski definition) is 7. The summed E-state index contributed by atoms with van der Waals surface area (Å²) in [6.07, 6.45) is 1.55. The highest BCUT2D eigenvalue weighted by Gasteiger charge is 2.16. The summed E-state index contributed by atoms with van der Waals surface area (Å²) in [4.78, 5) is 39.8. The van der Waals surface area contributed by atoms with Gasteiger partial charge in [-0.25, -0.2) is 0 Å². The van der Waals surface area contributed by atoms with E-state index in [0.717, 1.165) is 4.90 Å². The van der Waals surface area contributed by atoms with Gasteiger partial charge in [-0.3, -0.25) is 14.4 Å². The van der Waals surface area contributed by atoms with Crippen molar-refractivity contribution in [3.05, 3.63) is 113 Å². The van der Waals surface area contributed by atoms with Gasteiger partial charge in [0.2, 0.25) is 5.91 Å². The summed E-state index contributed by atoms with van der Waals surface area (Å²) in [7, 11) is 4.55. The lowest BCUT2D eigenvalue weighted by atomic mass is 10.1. The standard InChI is InChI=1S/C33H30ClN3O6S/c1-41-28-15-13-23(34)18-26(28)36-31(38)20-44-25-11-7-10-24(19-25)35-33(40)27(37-32(39)22-8-5-4-6-9-22)16-21-12-14-29(42-2)30(17-21)43-3/h4-19H,20H2,1-3H3,(H,35,40)(H,36,38)(H,37,39)/b27-16+. The van der Waals surface area contributed by atoms with E-state index >= 15 is 0 Å². The lowest BCUT2D eigenvalue weighted by molar-refractivity contribution is -0.114. The SMILES string of the molecule is COc1ccc(Cl)cc1NC(=O)CSc1cccc(NC(=O)/C(=C\c2ccc(OC)c(OC)c2)NC(=O)c2ccccc2)c1. The van der Waals surface area contributed by atoms with Crippen molar-refractivity contribution in [3.63, 3.8) is 0 Å². The second-order valence-electron chi connectivity index (χ2n) is 9.16. The molecule has 0 aliphatic rings. The number of halogens is 1. The summed E-state index contributed by atoms with van der Waals surface area (Å²) >= 11 is 7.34. The minimum Gasteiger partial charge on any atom is -0.495 e. The molecule has 0 bridgehead atoms. The smallest absolute Gasteiger partial charge is 0.272 e. The highest BCUT2D eigenvalue weighted by molar-refractivity contribution is 8.00. The molecule has 4 rings (SSSR count). The van der Waals surface area contributed by atoms with Gasteiger partial charge in [0.1, 0.15) is 11.4 Å². The van der Waals surface area contributed by atoms with Gasteiger partial charge in [0.15, 0.2) is 11.5 Å². The number of thioether (sulfide) groups is 1. The monoisotopic (exact) mass is 631 g/mol. The molecule has 11 heteroatoms. The average molecular weight is 632 g/mol. The molecule has 0 fully saturated rings. The second kappa shape index (κ2) is 15.5. The Hall–Kier alpha value is -4.93. The van der Waals surface area contributed by atoms with Crippen molar-refractivity contribution < 1.29 is 28.6 Å². The minimum absolute atomic E-state index is 0.0129. The Labute approximate surface area is 264 Å². The fourth-order valence-electron chi connectivity index (χ4n) is 4.03. The Bertz CT molecular complexity index is 1680. The molecule has 9 nitrogen and oxygen atoms in total. The molecule has 0 aliphatic heterocycles. The second-order valence-corrected chi connectivity index (χ2v) is 10.6. The summed E-state index contributed by atoms with van der Waals surface area (Å²) in [6, 6.07) is 25.7. The van der Waals surface area contributed by atoms with Gasteiger partial charge < -0.3 is 30.2 Å². The van der Waals surface area contributed by atoms with Gasteiger partial charge >= 0.3 is 0 Å². The summed E-state index contributed by atoms with van der Waals surface area (Å²) in [6.45, 7) is 0. The Morgan fingerprint density at radius 2 is 1.50 bits per heavy atom. The van der Waals surface area contributed by atoms with Gasteiger partial charge in [0, 0.05) is 21.2 Å². The van der Waals surface area contributed by atoms with Crippen molar-refractivity contribution in [1.29, 1.82) is 0 Å². The number of ether oxygens (including phenoxy) is 3. The Morgan fingerprint density at radius 3 is 2.23 bits per heavy atom. The Kier molecular flexibility index (Phi) is 11.3. The van der Waals surface area contributed by atoms with Crippen LogP contribution in [0, 0.1) is 0 Å². The molecule has 226 valence electrons. The Morgan fingerprint density at radius 1 is 0.773 bits per heavy atom. The van der Waals surface area contributed by atoms with Gasteiger partial charge in [0.05, 0.1) is 32.8 Å². The molecule has 0 spiro atoms. The summed E-state index contributed by atoms with van der Waals surface area (Å²) in [5.74, 6) is 0.347. The van der Waals surface area contributed by atoms with E-state index in [1.807, 2.05) is 6.07 Å². The van der Waals surface area contributed by atoms with Crippen LogP contribution in [-0.2, 0) is 9.59 Å². The van der Waals surface area contributed by atoms with Crippen LogP contribution in [0.3, 0.4) is 0 Å². The van der Waals surface area contributed by atoms with Crippen molar-refractivity contribution in [2.45, 2.75) is 4.90 Å². The van der Waals surface area contributed by atoms with E-state index in [1.165, 1.54) is 33.1 Å². The molecule has 4 aromatic rings. The van der Waals surface area contributed by atoms with Gasteiger partial charge in [-0.2, -0.15) is 0 Å². The van der Waals surface area contributed by atoms with Gasteiger partial charge in [-0.1, -0.05) is 41.9 Å². The maximum atomic E-state index is 13.5. The van der Waals surface area contributed by atoms with Crippen LogP contribution in [0.25, 0.3) is 6.08 Å². The van der Waals surface area contributed by atoms with E-state index in [4.69, 9.17) is 25.8 Å². The van der Waals surface area contributed by atoms with Crippen molar-refractivity contribution in [2.75, 3.05) is 37.7 Å². The topological polar surface area (TPSA) is 115 Å². The number of hydrogen-bond donors (Lipinski definition) is 3. The molecule has 0 unspecified atom stereocenters. The molecule has 0 radical (unpaired) electrons. The zero-order valence-electron chi connectivity index (χ0n) is 24.2. The van der Waals surface area contributed by atoms with Crippen molar-refractivity contribution in [3.8, 4) is 17.2 Å². The van der Waals surface area contributed by atoms with Crippen LogP contribution in [-0.4, -0.2) is 44.8 Å². The number of methoxy groups -OCH3 is 3. The number of anilines is 2. The first-order valence-corrected chi connectivity index (χ1v) is 14.6. The number of carbonyl (C=O) groups is 3. The molecule has 4 aromatic carbocycles. The normalized spacial score (nSPS) is 10.9. The fraction of sp³-hybridized carbons (Fsp3) is 0.121. The van der Waals surface area contributed by atoms with E-state index in [-0.39, 0.29) is 17.4 Å². The van der Waals surface area contributed by atoms with Gasteiger partial charge in [-0.15, -0.1) is 11.8 Å². The molecule has 0 aliphatic carbocycles. The first-order chi connectivity index (χ1) is 21.3. The summed E-state index contributed by atoms with van der Waals surface area (Å²) in [5.41, 5.74) is 1.96. The minimum atomic E-state index is -0.544. The summed E-state index contributed by atoms with van der Waals surface area (Å²) in [5, 5.41) is 8.83. The van der Waals surface area contributed by atoms with Crippen molar-refractivity contribution >= 4 is 58.5 Å². The van der Waals surface area contributed by atoms with Gasteiger partial charge in [0.25, 0.3) is 11.8 Å².